The van der Waals surface area contributed by atoms with Crippen LogP contribution in [0.5, 0.6) is 0 Å². The Morgan fingerprint density at radius 1 is 1.00 bits per heavy atom. The molecule has 0 saturated heterocycles. The highest BCUT2D eigenvalue weighted by atomic mass is 16.6. The van der Waals surface area contributed by atoms with Crippen LogP contribution in [0.1, 0.15) is 102 Å². The molecule has 1 amide bonds. The summed E-state index contributed by atoms with van der Waals surface area (Å²) < 4.78 is 5.38. The molecule has 0 radical (unpaired) electrons. The Morgan fingerprint density at radius 3 is 2.19 bits per heavy atom. The topological polar surface area (TPSA) is 68.3 Å². The van der Waals surface area contributed by atoms with Crippen molar-refractivity contribution in [3.8, 4) is 0 Å². The maximum absolute atomic E-state index is 12.3. The summed E-state index contributed by atoms with van der Waals surface area (Å²) >= 11 is 0. The number of carbonyl (C=O) groups is 2. The number of hydrogen-bond acceptors (Lipinski definition) is 4. The molecule has 5 nitrogen and oxygen atoms in total. The maximum Gasteiger partial charge on any atom is 0.342 e. The van der Waals surface area contributed by atoms with E-state index in [1.807, 2.05) is 20.8 Å². The van der Waals surface area contributed by atoms with Crippen LogP contribution in [0, 0.1) is 0 Å². The summed E-state index contributed by atoms with van der Waals surface area (Å²) in [7, 11) is 0. The van der Waals surface area contributed by atoms with Crippen molar-refractivity contribution in [2.75, 3.05) is 5.32 Å². The first-order chi connectivity index (χ1) is 12.8. The highest BCUT2D eigenvalue weighted by molar-refractivity contribution is 6.00. The summed E-state index contributed by atoms with van der Waals surface area (Å²) in [6.07, 6.45) is 12.9. The van der Waals surface area contributed by atoms with Crippen LogP contribution in [-0.4, -0.2) is 22.5 Å². The number of carbonyl (C=O) groups excluding carboxylic acids is 2. The zero-order valence-corrected chi connectivity index (χ0v) is 17.5. The third-order valence-electron chi connectivity index (χ3n) is 4.19. The van der Waals surface area contributed by atoms with Gasteiger partial charge in [-0.2, -0.15) is 0 Å². The second-order valence-corrected chi connectivity index (χ2v) is 8.03. The first-order valence-electron chi connectivity index (χ1n) is 10.3. The minimum atomic E-state index is -0.593. The van der Waals surface area contributed by atoms with Crippen molar-refractivity contribution >= 4 is 17.7 Å². The fraction of sp³-hybridized carbons (Fsp3) is 0.682. The number of esters is 1. The van der Waals surface area contributed by atoms with Crippen LogP contribution in [0.15, 0.2) is 18.3 Å². The predicted octanol–water partition coefficient (Wildman–Crippen LogP) is 5.90. The van der Waals surface area contributed by atoms with Gasteiger partial charge in [-0.15, -0.1) is 0 Å². The molecule has 0 aliphatic heterocycles. The molecule has 0 saturated carbocycles. The lowest BCUT2D eigenvalue weighted by Gasteiger charge is -2.20. The van der Waals surface area contributed by atoms with Crippen molar-refractivity contribution < 1.29 is 14.3 Å². The van der Waals surface area contributed by atoms with Crippen LogP contribution in [0.3, 0.4) is 0 Å². The predicted molar refractivity (Wildman–Crippen MR) is 110 cm³/mol. The van der Waals surface area contributed by atoms with Crippen LogP contribution in [-0.2, 0) is 9.53 Å². The number of anilines is 1. The molecule has 152 valence electrons. The summed E-state index contributed by atoms with van der Waals surface area (Å²) in [5.74, 6) is -0.317. The molecule has 1 N–H and O–H groups in total. The van der Waals surface area contributed by atoms with E-state index in [1.165, 1.54) is 44.9 Å². The van der Waals surface area contributed by atoms with Gasteiger partial charge in [-0.05, 0) is 39.3 Å². The van der Waals surface area contributed by atoms with Gasteiger partial charge >= 0.3 is 5.97 Å². The summed E-state index contributed by atoms with van der Waals surface area (Å²) in [5, 5.41) is 2.75. The van der Waals surface area contributed by atoms with Crippen molar-refractivity contribution in [1.82, 2.24) is 4.98 Å². The Morgan fingerprint density at radius 2 is 1.59 bits per heavy atom. The van der Waals surface area contributed by atoms with Crippen molar-refractivity contribution in [2.24, 2.45) is 0 Å². The summed E-state index contributed by atoms with van der Waals surface area (Å²) in [5.41, 5.74) is -0.307. The molecule has 0 fully saturated rings. The minimum Gasteiger partial charge on any atom is -0.456 e. The van der Waals surface area contributed by atoms with Crippen molar-refractivity contribution in [1.29, 1.82) is 0 Å². The van der Waals surface area contributed by atoms with Gasteiger partial charge in [0.25, 0.3) is 0 Å². The van der Waals surface area contributed by atoms with Crippen LogP contribution in [0.2, 0.25) is 0 Å². The number of amides is 1. The summed E-state index contributed by atoms with van der Waals surface area (Å²) in [4.78, 5) is 28.6. The number of hydrogen-bond donors (Lipinski definition) is 1. The van der Waals surface area contributed by atoms with Gasteiger partial charge in [-0.1, -0.05) is 58.3 Å². The van der Waals surface area contributed by atoms with Crippen molar-refractivity contribution in [2.45, 2.75) is 97.5 Å². The first kappa shape index (κ1) is 23.1. The standard InChI is InChI=1S/C22H36N2O3/c1-5-6-7-8-9-10-11-12-13-16-19(25)24-20-18(15-14-17-23-20)21(26)27-22(2,3)4/h14-15,17H,5-13,16H2,1-4H3,(H,23,24,25). The quantitative estimate of drug-likeness (QED) is 0.364. The van der Waals surface area contributed by atoms with Crippen molar-refractivity contribution in [3.05, 3.63) is 23.9 Å². The number of unbranched alkanes of at least 4 members (excludes halogenated alkanes) is 8. The van der Waals surface area contributed by atoms with E-state index in [0.717, 1.165) is 12.8 Å². The van der Waals surface area contributed by atoms with E-state index in [1.54, 1.807) is 18.3 Å². The fourth-order valence-electron chi connectivity index (χ4n) is 2.79. The van der Waals surface area contributed by atoms with Crippen LogP contribution >= 0.6 is 0 Å². The van der Waals surface area contributed by atoms with E-state index >= 15 is 0 Å². The Balaban J connectivity index is 2.33. The largest absolute Gasteiger partial charge is 0.456 e. The van der Waals surface area contributed by atoms with E-state index in [0.29, 0.717) is 6.42 Å². The third-order valence-corrected chi connectivity index (χ3v) is 4.19. The SMILES string of the molecule is CCCCCCCCCCCC(=O)Nc1ncccc1C(=O)OC(C)(C)C. The zero-order valence-electron chi connectivity index (χ0n) is 17.5. The molecule has 27 heavy (non-hydrogen) atoms. The van der Waals surface area contributed by atoms with Crippen LogP contribution in [0.4, 0.5) is 5.82 Å². The van der Waals surface area contributed by atoms with E-state index in [-0.39, 0.29) is 17.3 Å². The molecular formula is C22H36N2O3. The molecule has 5 heteroatoms. The highest BCUT2D eigenvalue weighted by Crippen LogP contribution is 2.18. The van der Waals surface area contributed by atoms with Gasteiger partial charge in [0.1, 0.15) is 17.0 Å². The van der Waals surface area contributed by atoms with Crippen LogP contribution in [0.25, 0.3) is 0 Å². The van der Waals surface area contributed by atoms with Gasteiger partial charge in [-0.25, -0.2) is 9.78 Å². The van der Waals surface area contributed by atoms with Gasteiger partial charge in [0.05, 0.1) is 0 Å². The second kappa shape index (κ2) is 12.5. The normalized spacial score (nSPS) is 11.3. The summed E-state index contributed by atoms with van der Waals surface area (Å²) in [6, 6.07) is 3.28. The number of aromatic nitrogens is 1. The Kier molecular flexibility index (Phi) is 10.7. The van der Waals surface area contributed by atoms with Crippen molar-refractivity contribution in [3.63, 3.8) is 0 Å². The van der Waals surface area contributed by atoms with E-state index in [9.17, 15) is 9.59 Å². The molecule has 0 aliphatic carbocycles. The number of nitrogens with zero attached hydrogens (tertiary/aromatic N) is 1. The molecule has 0 aromatic carbocycles. The Bertz CT molecular complexity index is 579. The van der Waals surface area contributed by atoms with Gasteiger partial charge in [0, 0.05) is 12.6 Å². The minimum absolute atomic E-state index is 0.110. The Hall–Kier alpha value is -1.91. The molecule has 0 aliphatic rings. The molecule has 1 aromatic rings. The molecule has 0 unspecified atom stereocenters. The first-order valence-corrected chi connectivity index (χ1v) is 10.3. The fourth-order valence-corrected chi connectivity index (χ4v) is 2.79. The molecule has 1 aromatic heterocycles. The molecule has 0 bridgehead atoms. The number of pyridine rings is 1. The van der Waals surface area contributed by atoms with E-state index in [4.69, 9.17) is 4.74 Å². The highest BCUT2D eigenvalue weighted by Gasteiger charge is 2.21. The lowest BCUT2D eigenvalue weighted by molar-refractivity contribution is -0.116. The van der Waals surface area contributed by atoms with Crippen LogP contribution < -0.4 is 5.32 Å². The van der Waals surface area contributed by atoms with Gasteiger partial charge in [0.2, 0.25) is 5.91 Å². The lowest BCUT2D eigenvalue weighted by atomic mass is 10.1. The number of nitrogens with one attached hydrogen (secondary N) is 1. The molecule has 0 atom stereocenters. The molecule has 1 heterocycles. The smallest absolute Gasteiger partial charge is 0.342 e. The molecular weight excluding hydrogens is 340 g/mol. The lowest BCUT2D eigenvalue weighted by Crippen LogP contribution is -2.25. The second-order valence-electron chi connectivity index (χ2n) is 8.03. The summed E-state index contributed by atoms with van der Waals surface area (Å²) in [6.45, 7) is 7.66. The average molecular weight is 377 g/mol. The Labute approximate surface area is 164 Å². The number of rotatable bonds is 12. The van der Waals surface area contributed by atoms with E-state index in [2.05, 4.69) is 17.2 Å². The third kappa shape index (κ3) is 10.7. The number of ether oxygens (including phenoxy) is 1. The van der Waals surface area contributed by atoms with Gasteiger partial charge in [-0.3, -0.25) is 4.79 Å². The average Bonchev–Trinajstić information content (AvgIpc) is 2.59. The maximum atomic E-state index is 12.3. The van der Waals surface area contributed by atoms with Gasteiger partial charge < -0.3 is 10.1 Å². The monoisotopic (exact) mass is 376 g/mol. The van der Waals surface area contributed by atoms with E-state index < -0.39 is 11.6 Å². The van der Waals surface area contributed by atoms with Gasteiger partial charge in [0.15, 0.2) is 0 Å². The molecule has 1 rings (SSSR count). The molecule has 0 spiro atoms. The zero-order chi connectivity index (χ0) is 20.1.